The van der Waals surface area contributed by atoms with Crippen molar-refractivity contribution < 1.29 is 37.0 Å². The summed E-state index contributed by atoms with van der Waals surface area (Å²) >= 11 is 0. The Kier molecular flexibility index (Phi) is 9.98. The molecule has 39 heavy (non-hydrogen) atoms. The van der Waals surface area contributed by atoms with Crippen molar-refractivity contribution >= 4 is 22.1 Å². The molecule has 11 heteroatoms. The number of nitrogens with one attached hydrogen (secondary N) is 1. The molecule has 1 heterocycles. The van der Waals surface area contributed by atoms with Crippen LogP contribution >= 0.6 is 0 Å². The molecule has 1 aromatic rings. The first-order chi connectivity index (χ1) is 18.4. The second kappa shape index (κ2) is 13.0. The molecule has 1 amide bonds. The van der Waals surface area contributed by atoms with Crippen molar-refractivity contribution in [1.29, 1.82) is 0 Å². The van der Waals surface area contributed by atoms with Gasteiger partial charge in [-0.1, -0.05) is 30.4 Å². The van der Waals surface area contributed by atoms with E-state index in [0.717, 1.165) is 15.6 Å². The molecule has 1 aliphatic carbocycles. The quantitative estimate of drug-likeness (QED) is 0.376. The van der Waals surface area contributed by atoms with Gasteiger partial charge in [0, 0.05) is 13.0 Å². The molecule has 0 fully saturated rings. The lowest BCUT2D eigenvalue weighted by atomic mass is 10.1. The number of rotatable bonds is 8. The molecule has 1 aliphatic heterocycles. The summed E-state index contributed by atoms with van der Waals surface area (Å²) in [5.41, 5.74) is -0.144. The predicted molar refractivity (Wildman–Crippen MR) is 145 cm³/mol. The van der Waals surface area contributed by atoms with Gasteiger partial charge in [-0.15, -0.1) is 0 Å². The Labute approximate surface area is 230 Å². The van der Waals surface area contributed by atoms with Crippen LogP contribution < -0.4 is 10.1 Å². The summed E-state index contributed by atoms with van der Waals surface area (Å²) in [6.45, 7) is 4.96. The molecule has 3 rings (SSSR count). The lowest BCUT2D eigenvalue weighted by Gasteiger charge is -2.34. The van der Waals surface area contributed by atoms with Crippen LogP contribution in [0.25, 0.3) is 0 Å². The zero-order chi connectivity index (χ0) is 28.6. The molecule has 0 saturated heterocycles. The monoisotopic (exact) mass is 560 g/mol. The highest BCUT2D eigenvalue weighted by Crippen LogP contribution is 2.27. The van der Waals surface area contributed by atoms with Crippen LogP contribution in [0.3, 0.4) is 0 Å². The van der Waals surface area contributed by atoms with E-state index < -0.39 is 39.8 Å². The number of benzene rings is 1. The lowest BCUT2D eigenvalue weighted by molar-refractivity contribution is -0.160. The van der Waals surface area contributed by atoms with Gasteiger partial charge in [0.1, 0.15) is 24.0 Å². The number of hydrogen-bond acceptors (Lipinski definition) is 8. The van der Waals surface area contributed by atoms with E-state index in [-0.39, 0.29) is 24.5 Å². The van der Waals surface area contributed by atoms with Crippen LogP contribution in [0.1, 0.15) is 33.6 Å². The molecule has 0 spiro atoms. The van der Waals surface area contributed by atoms with Gasteiger partial charge >= 0.3 is 12.1 Å². The minimum absolute atomic E-state index is 0.0240. The Bertz CT molecular complexity index is 1260. The maximum atomic E-state index is 13.7. The number of ether oxygens (including phenoxy) is 4. The molecule has 10 nitrogen and oxygen atoms in total. The van der Waals surface area contributed by atoms with Crippen molar-refractivity contribution in [2.24, 2.45) is 0 Å². The Morgan fingerprint density at radius 3 is 2.38 bits per heavy atom. The number of alkyl carbamates (subject to hydrolysis) is 1. The Hall–Kier alpha value is -3.57. The number of esters is 1. The number of carbonyl (C=O) groups is 2. The summed E-state index contributed by atoms with van der Waals surface area (Å²) in [5.74, 6) is 0.484. The summed E-state index contributed by atoms with van der Waals surface area (Å²) in [5, 5.41) is 2.69. The normalized spacial score (nSPS) is 20.1. The van der Waals surface area contributed by atoms with Crippen LogP contribution in [0.15, 0.2) is 76.9 Å². The summed E-state index contributed by atoms with van der Waals surface area (Å²) in [6, 6.07) is 3.57. The van der Waals surface area contributed by atoms with Crippen molar-refractivity contribution in [2.45, 2.75) is 56.2 Å². The molecular weight excluding hydrogens is 524 g/mol. The van der Waals surface area contributed by atoms with E-state index in [0.29, 0.717) is 12.2 Å². The maximum Gasteiger partial charge on any atom is 0.407 e. The van der Waals surface area contributed by atoms with Gasteiger partial charge in [-0.25, -0.2) is 13.2 Å². The second-order valence-electron chi connectivity index (χ2n) is 9.95. The second-order valence-corrected chi connectivity index (χ2v) is 11.8. The first-order valence-corrected chi connectivity index (χ1v) is 14.0. The van der Waals surface area contributed by atoms with Gasteiger partial charge in [-0.2, -0.15) is 4.31 Å². The van der Waals surface area contributed by atoms with Crippen LogP contribution in [0.2, 0.25) is 0 Å². The van der Waals surface area contributed by atoms with Gasteiger partial charge in [-0.05, 0) is 63.1 Å². The zero-order valence-corrected chi connectivity index (χ0v) is 23.7. The number of allylic oxidation sites excluding steroid dienone is 3. The topological polar surface area (TPSA) is 120 Å². The molecular formula is C28H36N2O8S. The Morgan fingerprint density at radius 1 is 1.03 bits per heavy atom. The number of amides is 1. The fourth-order valence-corrected chi connectivity index (χ4v) is 5.58. The number of nitrogens with zero attached hydrogens (tertiary/aromatic N) is 1. The van der Waals surface area contributed by atoms with E-state index in [2.05, 4.69) is 5.32 Å². The van der Waals surface area contributed by atoms with Crippen molar-refractivity contribution in [3.63, 3.8) is 0 Å². The van der Waals surface area contributed by atoms with Crippen LogP contribution in [-0.2, 0) is 29.0 Å². The van der Waals surface area contributed by atoms with Crippen LogP contribution in [-0.4, -0.2) is 69.8 Å². The fraction of sp³-hybridized carbons (Fsp3) is 0.429. The predicted octanol–water partition coefficient (Wildman–Crippen LogP) is 3.87. The molecule has 0 aromatic heterocycles. The first kappa shape index (κ1) is 30.0. The van der Waals surface area contributed by atoms with Gasteiger partial charge in [0.15, 0.2) is 0 Å². The van der Waals surface area contributed by atoms with E-state index in [4.69, 9.17) is 18.9 Å². The van der Waals surface area contributed by atoms with Crippen molar-refractivity contribution in [2.75, 3.05) is 27.4 Å². The Balaban J connectivity index is 1.86. The zero-order valence-electron chi connectivity index (χ0n) is 22.9. The minimum Gasteiger partial charge on any atom is -0.501 e. The Morgan fingerprint density at radius 2 is 1.74 bits per heavy atom. The van der Waals surface area contributed by atoms with E-state index >= 15 is 0 Å². The third-order valence-electron chi connectivity index (χ3n) is 5.92. The van der Waals surface area contributed by atoms with E-state index in [1.807, 2.05) is 12.2 Å². The van der Waals surface area contributed by atoms with E-state index in [1.54, 1.807) is 52.2 Å². The minimum atomic E-state index is -4.17. The smallest absolute Gasteiger partial charge is 0.407 e. The first-order valence-electron chi connectivity index (χ1n) is 12.5. The molecule has 0 saturated carbocycles. The van der Waals surface area contributed by atoms with Crippen molar-refractivity contribution in [3.8, 4) is 5.75 Å². The molecule has 0 bridgehead atoms. The molecule has 1 aromatic carbocycles. The average Bonchev–Trinajstić information content (AvgIpc) is 3.25. The highest BCUT2D eigenvalue weighted by atomic mass is 32.2. The lowest BCUT2D eigenvalue weighted by Crippen LogP contribution is -2.57. The SMILES string of the molecule is COC1=CC=C(COC(=O)NC2CC=CCN(S(=O)(=O)c3ccc(OC)cc3)C2C(=O)OC(C)(C)C)C=CC1. The molecule has 1 N–H and O–H groups in total. The van der Waals surface area contributed by atoms with E-state index in [9.17, 15) is 18.0 Å². The molecule has 2 aliphatic rings. The largest absolute Gasteiger partial charge is 0.501 e. The third kappa shape index (κ3) is 8.21. The molecule has 0 radical (unpaired) electrons. The van der Waals surface area contributed by atoms with Gasteiger partial charge < -0.3 is 24.3 Å². The highest BCUT2D eigenvalue weighted by molar-refractivity contribution is 7.89. The van der Waals surface area contributed by atoms with Gasteiger partial charge in [-0.3, -0.25) is 4.79 Å². The summed E-state index contributed by atoms with van der Waals surface area (Å²) in [7, 11) is -1.11. The van der Waals surface area contributed by atoms with Crippen LogP contribution in [0, 0.1) is 0 Å². The molecule has 2 unspecified atom stereocenters. The van der Waals surface area contributed by atoms with Gasteiger partial charge in [0.25, 0.3) is 0 Å². The molecule has 212 valence electrons. The van der Waals surface area contributed by atoms with Crippen molar-refractivity contribution in [3.05, 3.63) is 72.1 Å². The number of carbonyl (C=O) groups excluding carboxylic acids is 2. The average molecular weight is 561 g/mol. The summed E-state index contributed by atoms with van der Waals surface area (Å²) in [6.07, 6.45) is 10.7. The van der Waals surface area contributed by atoms with E-state index in [1.165, 1.54) is 31.4 Å². The third-order valence-corrected chi connectivity index (χ3v) is 7.78. The fourth-order valence-electron chi connectivity index (χ4n) is 4.02. The van der Waals surface area contributed by atoms with Crippen LogP contribution in [0.4, 0.5) is 4.79 Å². The number of sulfonamides is 1. The van der Waals surface area contributed by atoms with Crippen molar-refractivity contribution in [1.82, 2.24) is 9.62 Å². The van der Waals surface area contributed by atoms with Gasteiger partial charge in [0.2, 0.25) is 10.0 Å². The maximum absolute atomic E-state index is 13.7. The van der Waals surface area contributed by atoms with Gasteiger partial charge in [0.05, 0.1) is 30.9 Å². The number of hydrogen-bond donors (Lipinski definition) is 1. The molecule has 2 atom stereocenters. The summed E-state index contributed by atoms with van der Waals surface area (Å²) in [4.78, 5) is 26.3. The highest BCUT2D eigenvalue weighted by Gasteiger charge is 2.44. The summed E-state index contributed by atoms with van der Waals surface area (Å²) < 4.78 is 49.9. The number of methoxy groups -OCH3 is 2. The standard InChI is InChI=1S/C28H36N2O8S/c1-28(2,3)38-26(31)25-24(29-27(32)37-19-20-9-8-10-21(35-4)13-12-20)11-6-7-18-30(25)39(33,34)23-16-14-22(36-5)15-17-23/h6-9,12-17,24-25H,10-11,18-19H2,1-5H3,(H,29,32). The van der Waals surface area contributed by atoms with Crippen LogP contribution in [0.5, 0.6) is 5.75 Å².